The van der Waals surface area contributed by atoms with Crippen LogP contribution in [0, 0.1) is 0 Å². The van der Waals surface area contributed by atoms with Crippen LogP contribution in [-0.2, 0) is 5.41 Å². The lowest BCUT2D eigenvalue weighted by atomic mass is 9.82. The summed E-state index contributed by atoms with van der Waals surface area (Å²) >= 11 is 0. The minimum absolute atomic E-state index is 0.105. The van der Waals surface area contributed by atoms with Crippen LogP contribution in [0.4, 0.5) is 17.1 Å². The topological polar surface area (TPSA) is 12.5 Å². The van der Waals surface area contributed by atoms with E-state index in [-0.39, 0.29) is 5.41 Å². The highest BCUT2D eigenvalue weighted by Crippen LogP contribution is 2.53. The Bertz CT molecular complexity index is 3390. The highest BCUT2D eigenvalue weighted by Gasteiger charge is 2.36. The van der Waals surface area contributed by atoms with Crippen LogP contribution < -0.4 is 9.64 Å². The second-order valence-electron chi connectivity index (χ2n) is 17.6. The summed E-state index contributed by atoms with van der Waals surface area (Å²) in [6.07, 6.45) is 0. The maximum atomic E-state index is 6.87. The molecule has 10 aromatic rings. The van der Waals surface area contributed by atoms with Gasteiger partial charge in [0.1, 0.15) is 11.5 Å². The summed E-state index contributed by atoms with van der Waals surface area (Å²) in [7, 11) is 0. The molecule has 0 fully saturated rings. The summed E-state index contributed by atoms with van der Waals surface area (Å²) in [4.78, 5) is 2.39. The first-order valence-corrected chi connectivity index (χ1v) is 22.5. The predicted octanol–water partition coefficient (Wildman–Crippen LogP) is 17.6. The Morgan fingerprint density at radius 1 is 0.292 bits per heavy atom. The van der Waals surface area contributed by atoms with E-state index in [1.807, 2.05) is 0 Å². The monoisotopic (exact) mass is 831 g/mol. The zero-order valence-corrected chi connectivity index (χ0v) is 36.4. The van der Waals surface area contributed by atoms with Crippen LogP contribution in [0.15, 0.2) is 237 Å². The molecule has 2 heteroatoms. The normalized spacial score (nSPS) is 12.7. The van der Waals surface area contributed by atoms with Crippen molar-refractivity contribution in [2.75, 3.05) is 4.90 Å². The maximum absolute atomic E-state index is 6.87. The molecule has 0 amide bonds. The molecule has 10 aromatic carbocycles. The average Bonchev–Trinajstić information content (AvgIpc) is 3.49. The van der Waals surface area contributed by atoms with E-state index in [1.165, 1.54) is 44.5 Å². The molecule has 0 saturated heterocycles. The number of rotatable bonds is 7. The highest BCUT2D eigenvalue weighted by atomic mass is 16.5. The molecule has 65 heavy (non-hydrogen) atoms. The standard InChI is InChI=1S/C63H45NO/c1-63(2)57-24-12-11-19-53(57)54-40-39-50(41-58(54)63)64(48-35-31-44(32-36-48)42-15-5-3-6-16-42)49-37-33-45(34-38-49)43-27-29-47(30-28-43)52-23-14-26-60-62(52)56-21-10-9-20-55(56)61-51(22-13-25-59(61)65-60)46-17-7-4-8-18-46/h3-41H,1-2H3. The molecule has 0 radical (unpaired) electrons. The number of benzene rings is 10. The van der Waals surface area contributed by atoms with Crippen molar-refractivity contribution in [2.24, 2.45) is 0 Å². The van der Waals surface area contributed by atoms with Crippen molar-refractivity contribution in [1.82, 2.24) is 0 Å². The molecule has 0 saturated carbocycles. The summed E-state index contributed by atoms with van der Waals surface area (Å²) in [5.41, 5.74) is 22.5. The number of hydrogen-bond acceptors (Lipinski definition) is 2. The SMILES string of the molecule is CC1(C)c2ccccc2-c2ccc(N(c3ccc(-c4ccccc4)cc3)c3ccc(-c4ccc(-c5cccc6c5-c5ccccc5-c5c(cccc5-c5ccccc5)O6)cc4)cc3)cc21. The van der Waals surface area contributed by atoms with E-state index in [0.29, 0.717) is 0 Å². The summed E-state index contributed by atoms with van der Waals surface area (Å²) in [5.74, 6) is 1.72. The molecular formula is C63H45NO. The first-order valence-electron chi connectivity index (χ1n) is 22.5. The zero-order chi connectivity index (χ0) is 43.5. The summed E-state index contributed by atoms with van der Waals surface area (Å²) in [6.45, 7) is 4.70. The molecule has 308 valence electrons. The molecule has 0 unspecified atom stereocenters. The third-order valence-corrected chi connectivity index (χ3v) is 13.5. The molecule has 0 spiro atoms. The second kappa shape index (κ2) is 15.6. The Balaban J connectivity index is 0.895. The van der Waals surface area contributed by atoms with Gasteiger partial charge < -0.3 is 9.64 Å². The van der Waals surface area contributed by atoms with Gasteiger partial charge in [-0.1, -0.05) is 202 Å². The lowest BCUT2D eigenvalue weighted by Crippen LogP contribution is -2.16. The fourth-order valence-corrected chi connectivity index (χ4v) is 10.3. The summed E-state index contributed by atoms with van der Waals surface area (Å²) in [5, 5.41) is 0. The Kier molecular flexibility index (Phi) is 9.21. The van der Waals surface area contributed by atoms with Gasteiger partial charge in [0.2, 0.25) is 0 Å². The van der Waals surface area contributed by atoms with Crippen molar-refractivity contribution in [2.45, 2.75) is 19.3 Å². The smallest absolute Gasteiger partial charge is 0.135 e. The van der Waals surface area contributed by atoms with E-state index in [0.717, 1.165) is 73.1 Å². The van der Waals surface area contributed by atoms with Crippen molar-refractivity contribution >= 4 is 17.1 Å². The summed E-state index contributed by atoms with van der Waals surface area (Å²) in [6, 6.07) is 85.6. The van der Waals surface area contributed by atoms with Crippen LogP contribution in [0.1, 0.15) is 25.0 Å². The Hall–Kier alpha value is -8.20. The van der Waals surface area contributed by atoms with Gasteiger partial charge in [0.05, 0.1) is 0 Å². The Morgan fingerprint density at radius 3 is 1.23 bits per heavy atom. The molecule has 2 aliphatic rings. The van der Waals surface area contributed by atoms with E-state index >= 15 is 0 Å². The molecule has 2 nitrogen and oxygen atoms in total. The lowest BCUT2D eigenvalue weighted by Gasteiger charge is -2.28. The average molecular weight is 832 g/mol. The van der Waals surface area contributed by atoms with E-state index in [4.69, 9.17) is 4.74 Å². The van der Waals surface area contributed by atoms with Gasteiger partial charge in [0, 0.05) is 33.6 Å². The number of ether oxygens (including phenoxy) is 1. The van der Waals surface area contributed by atoms with E-state index in [9.17, 15) is 0 Å². The quantitative estimate of drug-likeness (QED) is 0.159. The molecule has 12 rings (SSSR count). The molecule has 1 heterocycles. The van der Waals surface area contributed by atoms with Gasteiger partial charge in [-0.3, -0.25) is 0 Å². The zero-order valence-electron chi connectivity index (χ0n) is 36.4. The highest BCUT2D eigenvalue weighted by molar-refractivity contribution is 6.01. The van der Waals surface area contributed by atoms with Gasteiger partial charge in [-0.15, -0.1) is 0 Å². The second-order valence-corrected chi connectivity index (χ2v) is 17.6. The molecule has 0 bridgehead atoms. The summed E-state index contributed by atoms with van der Waals surface area (Å²) < 4.78 is 6.87. The van der Waals surface area contributed by atoms with Crippen molar-refractivity contribution < 1.29 is 4.74 Å². The van der Waals surface area contributed by atoms with Crippen LogP contribution in [0.5, 0.6) is 11.5 Å². The number of hydrogen-bond donors (Lipinski definition) is 0. The number of anilines is 3. The third kappa shape index (κ3) is 6.57. The Morgan fingerprint density at radius 2 is 0.677 bits per heavy atom. The van der Waals surface area contributed by atoms with Crippen LogP contribution >= 0.6 is 0 Å². The van der Waals surface area contributed by atoms with Crippen LogP contribution in [0.25, 0.3) is 77.9 Å². The maximum Gasteiger partial charge on any atom is 0.135 e. The van der Waals surface area contributed by atoms with Crippen molar-refractivity contribution in [3.63, 3.8) is 0 Å². The van der Waals surface area contributed by atoms with Crippen molar-refractivity contribution in [1.29, 1.82) is 0 Å². The van der Waals surface area contributed by atoms with E-state index < -0.39 is 0 Å². The largest absolute Gasteiger partial charge is 0.456 e. The minimum Gasteiger partial charge on any atom is -0.456 e. The molecule has 0 atom stereocenters. The fraction of sp³-hybridized carbons (Fsp3) is 0.0476. The van der Waals surface area contributed by atoms with Crippen LogP contribution in [0.2, 0.25) is 0 Å². The van der Waals surface area contributed by atoms with E-state index in [1.54, 1.807) is 0 Å². The lowest BCUT2D eigenvalue weighted by molar-refractivity contribution is 0.488. The van der Waals surface area contributed by atoms with Gasteiger partial charge in [-0.2, -0.15) is 0 Å². The van der Waals surface area contributed by atoms with Gasteiger partial charge in [-0.25, -0.2) is 0 Å². The van der Waals surface area contributed by atoms with Crippen molar-refractivity contribution in [3.05, 3.63) is 248 Å². The number of fused-ring (bicyclic) bond motifs is 8. The van der Waals surface area contributed by atoms with E-state index in [2.05, 4.69) is 255 Å². The molecule has 1 aliphatic heterocycles. The van der Waals surface area contributed by atoms with Crippen LogP contribution in [-0.4, -0.2) is 0 Å². The minimum atomic E-state index is -0.105. The first-order chi connectivity index (χ1) is 32.0. The third-order valence-electron chi connectivity index (χ3n) is 13.5. The van der Waals surface area contributed by atoms with Gasteiger partial charge in [-0.05, 0) is 126 Å². The van der Waals surface area contributed by atoms with Gasteiger partial charge >= 0.3 is 0 Å². The number of nitrogens with zero attached hydrogens (tertiary/aromatic N) is 1. The van der Waals surface area contributed by atoms with Gasteiger partial charge in [0.15, 0.2) is 0 Å². The molecule has 1 aliphatic carbocycles. The molecular weight excluding hydrogens is 787 g/mol. The predicted molar refractivity (Wildman–Crippen MR) is 271 cm³/mol. The van der Waals surface area contributed by atoms with Crippen molar-refractivity contribution in [3.8, 4) is 89.4 Å². The Labute approximate surface area is 381 Å². The molecule has 0 aromatic heterocycles. The van der Waals surface area contributed by atoms with Gasteiger partial charge in [0.25, 0.3) is 0 Å². The molecule has 0 N–H and O–H groups in total. The van der Waals surface area contributed by atoms with Crippen LogP contribution in [0.3, 0.4) is 0 Å². The first kappa shape index (κ1) is 38.5. The fourth-order valence-electron chi connectivity index (χ4n) is 10.3.